The van der Waals surface area contributed by atoms with Gasteiger partial charge in [-0.1, -0.05) is 25.5 Å². The Balaban J connectivity index is 1.76. The molecule has 5 heteroatoms. The van der Waals surface area contributed by atoms with E-state index in [0.29, 0.717) is 12.0 Å². The van der Waals surface area contributed by atoms with Crippen molar-refractivity contribution in [2.45, 2.75) is 45.5 Å². The molecule has 1 aliphatic carbocycles. The zero-order chi connectivity index (χ0) is 14.6. The molecule has 2 nitrogen and oxygen atoms in total. The van der Waals surface area contributed by atoms with Crippen LogP contribution in [-0.2, 0) is 6.54 Å². The molecular formula is C15H20F3NO. The maximum Gasteiger partial charge on any atom is 0.573 e. The van der Waals surface area contributed by atoms with Crippen LogP contribution in [0.2, 0.25) is 0 Å². The topological polar surface area (TPSA) is 21.3 Å². The summed E-state index contributed by atoms with van der Waals surface area (Å²) < 4.78 is 39.9. The van der Waals surface area contributed by atoms with Gasteiger partial charge in [0.05, 0.1) is 0 Å². The molecule has 1 aromatic carbocycles. The van der Waals surface area contributed by atoms with Gasteiger partial charge < -0.3 is 10.1 Å². The van der Waals surface area contributed by atoms with E-state index in [2.05, 4.69) is 17.0 Å². The van der Waals surface area contributed by atoms with E-state index in [9.17, 15) is 13.2 Å². The summed E-state index contributed by atoms with van der Waals surface area (Å²) in [5, 5.41) is 3.39. The molecule has 112 valence electrons. The van der Waals surface area contributed by atoms with Gasteiger partial charge in [0.2, 0.25) is 0 Å². The van der Waals surface area contributed by atoms with E-state index in [4.69, 9.17) is 0 Å². The van der Waals surface area contributed by atoms with E-state index in [1.165, 1.54) is 37.8 Å². The summed E-state index contributed by atoms with van der Waals surface area (Å²) in [4.78, 5) is 0. The van der Waals surface area contributed by atoms with Crippen molar-refractivity contribution in [2.75, 3.05) is 6.54 Å². The minimum absolute atomic E-state index is 0.175. The van der Waals surface area contributed by atoms with Crippen LogP contribution >= 0.6 is 0 Å². The highest BCUT2D eigenvalue weighted by Gasteiger charge is 2.40. The molecule has 1 aliphatic rings. The molecule has 0 aliphatic heterocycles. The average molecular weight is 287 g/mol. The van der Waals surface area contributed by atoms with E-state index in [0.717, 1.165) is 12.1 Å². The predicted molar refractivity (Wildman–Crippen MR) is 71.4 cm³/mol. The van der Waals surface area contributed by atoms with Crippen LogP contribution in [0.5, 0.6) is 5.75 Å². The standard InChI is InChI=1S/C15H20F3NO/c1-2-7-14(8-9-14)11-19-10-12-3-5-13(6-4-12)20-15(16,17)18/h3-6,19H,2,7-11H2,1H3. The van der Waals surface area contributed by atoms with Crippen molar-refractivity contribution in [2.24, 2.45) is 5.41 Å². The summed E-state index contributed by atoms with van der Waals surface area (Å²) in [7, 11) is 0. The lowest BCUT2D eigenvalue weighted by molar-refractivity contribution is -0.274. The van der Waals surface area contributed by atoms with Crippen molar-refractivity contribution in [3.63, 3.8) is 0 Å². The SMILES string of the molecule is CCCC1(CNCc2ccc(OC(F)(F)F)cc2)CC1. The van der Waals surface area contributed by atoms with Gasteiger partial charge in [-0.2, -0.15) is 0 Å². The summed E-state index contributed by atoms with van der Waals surface area (Å²) in [6.45, 7) is 3.86. The van der Waals surface area contributed by atoms with E-state index in [1.54, 1.807) is 12.1 Å². The first-order valence-corrected chi connectivity index (χ1v) is 6.98. The number of rotatable bonds is 7. The molecule has 2 rings (SSSR count). The summed E-state index contributed by atoms with van der Waals surface area (Å²) in [5.74, 6) is -0.175. The van der Waals surface area contributed by atoms with Crippen molar-refractivity contribution < 1.29 is 17.9 Å². The number of ether oxygens (including phenoxy) is 1. The Bertz CT molecular complexity index is 424. The van der Waals surface area contributed by atoms with Crippen molar-refractivity contribution in [3.8, 4) is 5.75 Å². The third-order valence-electron chi connectivity index (χ3n) is 3.72. The lowest BCUT2D eigenvalue weighted by Gasteiger charge is -2.15. The Morgan fingerprint density at radius 2 is 1.85 bits per heavy atom. The molecule has 1 aromatic rings. The monoisotopic (exact) mass is 287 g/mol. The second-order valence-electron chi connectivity index (χ2n) is 5.55. The smallest absolute Gasteiger partial charge is 0.406 e. The lowest BCUT2D eigenvalue weighted by atomic mass is 10.0. The largest absolute Gasteiger partial charge is 0.573 e. The number of alkyl halides is 3. The van der Waals surface area contributed by atoms with Crippen LogP contribution in [-0.4, -0.2) is 12.9 Å². The molecule has 20 heavy (non-hydrogen) atoms. The van der Waals surface area contributed by atoms with Crippen molar-refractivity contribution in [1.82, 2.24) is 5.32 Å². The third-order valence-corrected chi connectivity index (χ3v) is 3.72. The molecule has 0 aromatic heterocycles. The van der Waals surface area contributed by atoms with Crippen LogP contribution in [0, 0.1) is 5.41 Å². The zero-order valence-electron chi connectivity index (χ0n) is 11.6. The van der Waals surface area contributed by atoms with Gasteiger partial charge in [0.15, 0.2) is 0 Å². The molecule has 1 saturated carbocycles. The molecule has 0 bridgehead atoms. The molecule has 1 fully saturated rings. The molecule has 0 amide bonds. The molecule has 0 heterocycles. The van der Waals surface area contributed by atoms with Gasteiger partial charge in [0.1, 0.15) is 5.75 Å². The van der Waals surface area contributed by atoms with Gasteiger partial charge >= 0.3 is 6.36 Å². The predicted octanol–water partition coefficient (Wildman–Crippen LogP) is 4.26. The Kier molecular flexibility index (Phi) is 4.58. The Morgan fingerprint density at radius 1 is 1.20 bits per heavy atom. The number of nitrogens with one attached hydrogen (secondary N) is 1. The van der Waals surface area contributed by atoms with Gasteiger partial charge in [-0.05, 0) is 42.4 Å². The van der Waals surface area contributed by atoms with Gasteiger partial charge in [0.25, 0.3) is 0 Å². The number of hydrogen-bond donors (Lipinski definition) is 1. The fourth-order valence-corrected chi connectivity index (χ4v) is 2.50. The van der Waals surface area contributed by atoms with Gasteiger partial charge in [-0.15, -0.1) is 13.2 Å². The second-order valence-corrected chi connectivity index (χ2v) is 5.55. The fourth-order valence-electron chi connectivity index (χ4n) is 2.50. The third kappa shape index (κ3) is 4.71. The van der Waals surface area contributed by atoms with E-state index >= 15 is 0 Å². The van der Waals surface area contributed by atoms with Crippen LogP contribution in [0.1, 0.15) is 38.2 Å². The van der Waals surface area contributed by atoms with E-state index in [-0.39, 0.29) is 5.75 Å². The van der Waals surface area contributed by atoms with Crippen LogP contribution in [0.15, 0.2) is 24.3 Å². The van der Waals surface area contributed by atoms with Gasteiger partial charge in [-0.3, -0.25) is 0 Å². The summed E-state index contributed by atoms with van der Waals surface area (Å²) in [6, 6.07) is 6.02. The van der Waals surface area contributed by atoms with E-state index < -0.39 is 6.36 Å². The van der Waals surface area contributed by atoms with Crippen molar-refractivity contribution in [1.29, 1.82) is 0 Å². The molecule has 0 spiro atoms. The first-order valence-electron chi connectivity index (χ1n) is 6.98. The van der Waals surface area contributed by atoms with Crippen molar-refractivity contribution in [3.05, 3.63) is 29.8 Å². The highest BCUT2D eigenvalue weighted by Crippen LogP contribution is 2.48. The minimum Gasteiger partial charge on any atom is -0.406 e. The molecule has 1 N–H and O–H groups in total. The van der Waals surface area contributed by atoms with Crippen LogP contribution < -0.4 is 10.1 Å². The quantitative estimate of drug-likeness (QED) is 0.809. The summed E-state index contributed by atoms with van der Waals surface area (Å²) >= 11 is 0. The van der Waals surface area contributed by atoms with E-state index in [1.807, 2.05) is 0 Å². The van der Waals surface area contributed by atoms with Gasteiger partial charge in [-0.25, -0.2) is 0 Å². The molecule has 0 unspecified atom stereocenters. The van der Waals surface area contributed by atoms with Gasteiger partial charge in [0, 0.05) is 13.1 Å². The highest BCUT2D eigenvalue weighted by atomic mass is 19.4. The summed E-state index contributed by atoms with van der Waals surface area (Å²) in [5.41, 5.74) is 1.44. The minimum atomic E-state index is -4.63. The lowest BCUT2D eigenvalue weighted by Crippen LogP contribution is -2.23. The first-order chi connectivity index (χ1) is 9.42. The average Bonchev–Trinajstić information content (AvgIpc) is 3.10. The van der Waals surface area contributed by atoms with Crippen molar-refractivity contribution >= 4 is 0 Å². The number of benzene rings is 1. The molecular weight excluding hydrogens is 267 g/mol. The Labute approximate surface area is 117 Å². The van der Waals surface area contributed by atoms with Crippen LogP contribution in [0.4, 0.5) is 13.2 Å². The Morgan fingerprint density at radius 3 is 2.35 bits per heavy atom. The number of halogens is 3. The highest BCUT2D eigenvalue weighted by molar-refractivity contribution is 5.27. The molecule has 0 saturated heterocycles. The maximum absolute atomic E-state index is 12.0. The maximum atomic E-state index is 12.0. The number of hydrogen-bond acceptors (Lipinski definition) is 2. The zero-order valence-corrected chi connectivity index (χ0v) is 11.6. The van der Waals surface area contributed by atoms with Crippen LogP contribution in [0.3, 0.4) is 0 Å². The summed E-state index contributed by atoms with van der Waals surface area (Å²) in [6.07, 6.45) is 0.389. The fraction of sp³-hybridized carbons (Fsp3) is 0.600. The molecule has 0 atom stereocenters. The Hall–Kier alpha value is -1.23. The second kappa shape index (κ2) is 6.04. The molecule has 0 radical (unpaired) electrons. The van der Waals surface area contributed by atoms with Crippen LogP contribution in [0.25, 0.3) is 0 Å². The first kappa shape index (κ1) is 15.2. The normalized spacial score (nSPS) is 17.0.